The molecule has 1 fully saturated rings. The Labute approximate surface area is 153 Å². The topological polar surface area (TPSA) is 69.2 Å². The van der Waals surface area contributed by atoms with Gasteiger partial charge in [0.15, 0.2) is 0 Å². The average molecular weight is 398 g/mol. The maximum Gasteiger partial charge on any atom is 0.407 e. The molecule has 1 unspecified atom stereocenters. The predicted molar refractivity (Wildman–Crippen MR) is 101 cm³/mol. The summed E-state index contributed by atoms with van der Waals surface area (Å²) in [5.74, 6) is 6.81. The Hall–Kier alpha value is -2.52. The molecule has 3 aromatic rings. The van der Waals surface area contributed by atoms with Crippen LogP contribution in [-0.4, -0.2) is 32.6 Å². The number of carbonyl (C=O) groups is 1. The zero-order valence-corrected chi connectivity index (χ0v) is 15.2. The maximum atomic E-state index is 11.5. The molecule has 0 aliphatic carbocycles. The van der Waals surface area contributed by atoms with Crippen molar-refractivity contribution in [2.45, 2.75) is 25.8 Å². The van der Waals surface area contributed by atoms with E-state index < -0.39 is 6.09 Å². The van der Waals surface area contributed by atoms with Crippen molar-refractivity contribution in [1.29, 1.82) is 0 Å². The molecular weight excluding hydrogens is 382 g/mol. The second-order valence-electron chi connectivity index (χ2n) is 6.14. The van der Waals surface area contributed by atoms with Crippen molar-refractivity contribution in [3.05, 3.63) is 40.1 Å². The van der Waals surface area contributed by atoms with Crippen LogP contribution >= 0.6 is 15.9 Å². The highest BCUT2D eigenvalue weighted by Crippen LogP contribution is 2.34. The lowest BCUT2D eigenvalue weighted by molar-refractivity contribution is 0.139. The number of fused-ring (bicyclic) bond motifs is 3. The van der Waals surface area contributed by atoms with Crippen LogP contribution in [0.4, 0.5) is 4.79 Å². The van der Waals surface area contributed by atoms with Crippen LogP contribution in [0.15, 0.2) is 28.7 Å². The molecule has 0 spiro atoms. The van der Waals surface area contributed by atoms with E-state index in [9.17, 15) is 9.90 Å². The SMILES string of the molecule is CC#Cc1cc2nc(C3CCCN3C(=O)O)[nH]c2c2ccc(Br)cc12. The van der Waals surface area contributed by atoms with E-state index in [0.29, 0.717) is 12.4 Å². The number of likely N-dealkylation sites (tertiary alicyclic amines) is 1. The van der Waals surface area contributed by atoms with Gasteiger partial charge < -0.3 is 10.1 Å². The first kappa shape index (κ1) is 16.0. The summed E-state index contributed by atoms with van der Waals surface area (Å²) in [6.45, 7) is 2.37. The zero-order valence-electron chi connectivity index (χ0n) is 13.6. The third-order valence-electron chi connectivity index (χ3n) is 4.65. The molecule has 126 valence electrons. The molecule has 1 aliphatic rings. The van der Waals surface area contributed by atoms with E-state index in [2.05, 4.69) is 32.8 Å². The van der Waals surface area contributed by atoms with Crippen molar-refractivity contribution in [2.75, 3.05) is 6.54 Å². The Bertz CT molecular complexity index is 1060. The number of hydrogen-bond acceptors (Lipinski definition) is 2. The quantitative estimate of drug-likeness (QED) is 0.586. The molecule has 2 N–H and O–H groups in total. The van der Waals surface area contributed by atoms with Gasteiger partial charge in [0.2, 0.25) is 0 Å². The Kier molecular flexibility index (Phi) is 3.89. The van der Waals surface area contributed by atoms with Crippen LogP contribution in [0.25, 0.3) is 21.8 Å². The zero-order chi connectivity index (χ0) is 17.6. The lowest BCUT2D eigenvalue weighted by atomic mass is 10.0. The molecule has 0 radical (unpaired) electrons. The molecule has 2 heterocycles. The predicted octanol–water partition coefficient (Wildman–Crippen LogP) is 4.66. The summed E-state index contributed by atoms with van der Waals surface area (Å²) in [5, 5.41) is 11.5. The molecule has 6 heteroatoms. The van der Waals surface area contributed by atoms with Crippen LogP contribution in [0.2, 0.25) is 0 Å². The second kappa shape index (κ2) is 6.08. The van der Waals surface area contributed by atoms with Gasteiger partial charge in [-0.15, -0.1) is 5.92 Å². The van der Waals surface area contributed by atoms with Crippen LogP contribution in [0.3, 0.4) is 0 Å². The highest BCUT2D eigenvalue weighted by atomic mass is 79.9. The molecule has 1 saturated heterocycles. The first-order chi connectivity index (χ1) is 12.1. The number of nitrogens with one attached hydrogen (secondary N) is 1. The average Bonchev–Trinajstić information content (AvgIpc) is 3.21. The van der Waals surface area contributed by atoms with Gasteiger partial charge in [0.25, 0.3) is 0 Å². The van der Waals surface area contributed by atoms with Crippen molar-refractivity contribution < 1.29 is 9.90 Å². The Balaban J connectivity index is 1.95. The van der Waals surface area contributed by atoms with Gasteiger partial charge in [0, 0.05) is 27.4 Å². The minimum atomic E-state index is -0.894. The van der Waals surface area contributed by atoms with Gasteiger partial charge >= 0.3 is 6.09 Å². The number of H-pyrrole nitrogens is 1. The third-order valence-corrected chi connectivity index (χ3v) is 5.14. The number of benzene rings is 2. The summed E-state index contributed by atoms with van der Waals surface area (Å²) in [7, 11) is 0. The lowest BCUT2D eigenvalue weighted by Crippen LogP contribution is -2.29. The number of rotatable bonds is 1. The molecule has 1 aliphatic heterocycles. The molecule has 1 amide bonds. The largest absolute Gasteiger partial charge is 0.465 e. The Morgan fingerprint density at radius 3 is 3.00 bits per heavy atom. The molecule has 25 heavy (non-hydrogen) atoms. The van der Waals surface area contributed by atoms with Crippen molar-refractivity contribution >= 4 is 43.8 Å². The third kappa shape index (κ3) is 2.65. The number of imidazole rings is 1. The second-order valence-corrected chi connectivity index (χ2v) is 7.05. The summed E-state index contributed by atoms with van der Waals surface area (Å²) >= 11 is 3.52. The van der Waals surface area contributed by atoms with Crippen LogP contribution < -0.4 is 0 Å². The standard InChI is InChI=1S/C19H16BrN3O2/c1-2-4-11-9-15-17(13-7-6-12(20)10-14(11)13)22-18(21-15)16-5-3-8-23(16)19(24)25/h6-7,9-10,16H,3,5,8H2,1H3,(H,21,22)(H,24,25). The number of aromatic nitrogens is 2. The number of nitrogens with zero attached hydrogens (tertiary/aromatic N) is 2. The molecule has 1 atom stereocenters. The van der Waals surface area contributed by atoms with E-state index in [-0.39, 0.29) is 6.04 Å². The number of halogens is 1. The molecule has 4 rings (SSSR count). The summed E-state index contributed by atoms with van der Waals surface area (Å²) in [6.07, 6.45) is 0.750. The van der Waals surface area contributed by atoms with Gasteiger partial charge in [-0.2, -0.15) is 0 Å². The van der Waals surface area contributed by atoms with Gasteiger partial charge in [-0.3, -0.25) is 4.90 Å². The fourth-order valence-electron chi connectivity index (χ4n) is 3.56. The van der Waals surface area contributed by atoms with Crippen molar-refractivity contribution in [1.82, 2.24) is 14.9 Å². The van der Waals surface area contributed by atoms with Crippen molar-refractivity contribution in [2.24, 2.45) is 0 Å². The number of amides is 1. The minimum Gasteiger partial charge on any atom is -0.465 e. The summed E-state index contributed by atoms with van der Waals surface area (Å²) in [4.78, 5) is 21.0. The van der Waals surface area contributed by atoms with E-state index in [4.69, 9.17) is 4.98 Å². The molecule has 0 bridgehead atoms. The molecular formula is C19H16BrN3O2. The van der Waals surface area contributed by atoms with Gasteiger partial charge in [-0.25, -0.2) is 9.78 Å². The molecule has 5 nitrogen and oxygen atoms in total. The van der Waals surface area contributed by atoms with Crippen LogP contribution in [-0.2, 0) is 0 Å². The van der Waals surface area contributed by atoms with Gasteiger partial charge in [0.05, 0.1) is 17.1 Å². The van der Waals surface area contributed by atoms with Crippen LogP contribution in [0, 0.1) is 11.8 Å². The normalized spacial score (nSPS) is 17.0. The summed E-state index contributed by atoms with van der Waals surface area (Å²) in [5.41, 5.74) is 2.67. The van der Waals surface area contributed by atoms with Crippen molar-refractivity contribution in [3.8, 4) is 11.8 Å². The monoisotopic (exact) mass is 397 g/mol. The van der Waals surface area contributed by atoms with E-state index >= 15 is 0 Å². The van der Waals surface area contributed by atoms with E-state index in [1.54, 1.807) is 0 Å². The molecule has 1 aromatic heterocycles. The number of carboxylic acid groups (broad SMARTS) is 1. The summed E-state index contributed by atoms with van der Waals surface area (Å²) in [6, 6.07) is 7.84. The summed E-state index contributed by atoms with van der Waals surface area (Å²) < 4.78 is 0.992. The van der Waals surface area contributed by atoms with E-state index in [1.165, 1.54) is 4.90 Å². The fourth-order valence-corrected chi connectivity index (χ4v) is 3.92. The van der Waals surface area contributed by atoms with Gasteiger partial charge in [0.1, 0.15) is 5.82 Å². The highest BCUT2D eigenvalue weighted by Gasteiger charge is 2.32. The van der Waals surface area contributed by atoms with Gasteiger partial charge in [-0.05, 0) is 38.0 Å². The maximum absolute atomic E-state index is 11.5. The fraction of sp³-hybridized carbons (Fsp3) is 0.263. The Morgan fingerprint density at radius 2 is 2.24 bits per heavy atom. The van der Waals surface area contributed by atoms with Crippen molar-refractivity contribution in [3.63, 3.8) is 0 Å². The Morgan fingerprint density at radius 1 is 1.40 bits per heavy atom. The first-order valence-corrected chi connectivity index (χ1v) is 8.92. The number of aromatic amines is 1. The number of hydrogen-bond donors (Lipinski definition) is 2. The molecule has 2 aromatic carbocycles. The minimum absolute atomic E-state index is 0.212. The smallest absolute Gasteiger partial charge is 0.407 e. The van der Waals surface area contributed by atoms with Crippen LogP contribution in [0.5, 0.6) is 0 Å². The lowest BCUT2D eigenvalue weighted by Gasteiger charge is -2.19. The van der Waals surface area contributed by atoms with Gasteiger partial charge in [-0.1, -0.05) is 27.9 Å². The highest BCUT2D eigenvalue weighted by molar-refractivity contribution is 9.10. The van der Waals surface area contributed by atoms with E-state index in [0.717, 1.165) is 44.7 Å². The molecule has 0 saturated carbocycles. The first-order valence-electron chi connectivity index (χ1n) is 8.12. The van der Waals surface area contributed by atoms with E-state index in [1.807, 2.05) is 31.2 Å². The van der Waals surface area contributed by atoms with Crippen LogP contribution in [0.1, 0.15) is 37.2 Å².